The number of rotatable bonds is 3. The maximum atomic E-state index is 14.2. The van der Waals surface area contributed by atoms with Crippen molar-refractivity contribution >= 4 is 11.8 Å². The van der Waals surface area contributed by atoms with Gasteiger partial charge in [-0.25, -0.2) is 8.78 Å². The summed E-state index contributed by atoms with van der Waals surface area (Å²) >= 11 is 0. The van der Waals surface area contributed by atoms with Gasteiger partial charge in [0.2, 0.25) is 5.43 Å². The Morgan fingerprint density at radius 1 is 1.24 bits per heavy atom. The third kappa shape index (κ3) is 3.19. The predicted molar refractivity (Wildman–Crippen MR) is 119 cm³/mol. The third-order valence-corrected chi connectivity index (χ3v) is 7.04. The second kappa shape index (κ2) is 7.68. The van der Waals surface area contributed by atoms with E-state index in [1.165, 1.54) is 10.9 Å². The van der Waals surface area contributed by atoms with Crippen LogP contribution in [0.1, 0.15) is 58.2 Å². The second-order valence-electron chi connectivity index (χ2n) is 9.18. The Morgan fingerprint density at radius 2 is 1.91 bits per heavy atom. The van der Waals surface area contributed by atoms with Gasteiger partial charge in [0.25, 0.3) is 11.8 Å². The maximum absolute atomic E-state index is 14.2. The molecular formula is C24H24F2N4O4. The van der Waals surface area contributed by atoms with E-state index in [2.05, 4.69) is 5.32 Å². The first kappa shape index (κ1) is 22.1. The number of nitrogens with zero attached hydrogens (tertiary/aromatic N) is 3. The van der Waals surface area contributed by atoms with Crippen molar-refractivity contribution in [3.8, 4) is 5.75 Å². The Morgan fingerprint density at radius 3 is 2.53 bits per heavy atom. The first-order valence-corrected chi connectivity index (χ1v) is 11.1. The summed E-state index contributed by atoms with van der Waals surface area (Å²) in [6.45, 7) is 3.14. The number of hydrogen-bond acceptors (Lipinski definition) is 5. The first-order chi connectivity index (χ1) is 16.1. The summed E-state index contributed by atoms with van der Waals surface area (Å²) in [6, 6.07) is 2.06. The molecular weight excluding hydrogens is 446 g/mol. The Hall–Kier alpha value is -3.69. The zero-order chi connectivity index (χ0) is 24.4. The monoisotopic (exact) mass is 470 g/mol. The number of hydrogen-bond donors (Lipinski definition) is 2. The molecule has 0 unspecified atom stereocenters. The highest BCUT2D eigenvalue weighted by atomic mass is 19.1. The lowest BCUT2D eigenvalue weighted by Gasteiger charge is -2.52. The average molecular weight is 470 g/mol. The number of aromatic nitrogens is 1. The van der Waals surface area contributed by atoms with E-state index in [1.807, 2.05) is 24.1 Å². The molecule has 3 aliphatic rings. The topological polar surface area (TPSA) is 94.9 Å². The van der Waals surface area contributed by atoms with E-state index in [0.29, 0.717) is 5.56 Å². The van der Waals surface area contributed by atoms with Gasteiger partial charge in [-0.05, 0) is 50.8 Å². The fraction of sp³-hybridized carbons (Fsp3) is 0.375. The van der Waals surface area contributed by atoms with Crippen molar-refractivity contribution in [3.05, 3.63) is 74.7 Å². The largest absolute Gasteiger partial charge is 0.502 e. The number of benzene rings is 1. The van der Waals surface area contributed by atoms with Crippen molar-refractivity contribution < 1.29 is 23.5 Å². The third-order valence-electron chi connectivity index (χ3n) is 7.04. The van der Waals surface area contributed by atoms with Gasteiger partial charge < -0.3 is 15.3 Å². The van der Waals surface area contributed by atoms with Gasteiger partial charge in [0.05, 0.1) is 5.54 Å². The van der Waals surface area contributed by atoms with Crippen molar-refractivity contribution in [2.45, 2.75) is 51.2 Å². The summed E-state index contributed by atoms with van der Waals surface area (Å²) in [6.07, 6.45) is 7.83. The van der Waals surface area contributed by atoms with Gasteiger partial charge in [-0.3, -0.25) is 24.1 Å². The highest BCUT2D eigenvalue weighted by Gasteiger charge is 2.48. The number of carbonyl (C=O) groups is 2. The molecule has 2 aliphatic heterocycles. The summed E-state index contributed by atoms with van der Waals surface area (Å²) in [5.41, 5.74) is -2.00. The highest BCUT2D eigenvalue weighted by Crippen LogP contribution is 2.42. The molecule has 2 amide bonds. The number of aromatic hydroxyl groups is 1. The van der Waals surface area contributed by atoms with Crippen molar-refractivity contribution in [2.75, 3.05) is 11.7 Å². The van der Waals surface area contributed by atoms with Crippen LogP contribution >= 0.6 is 0 Å². The molecule has 8 nitrogen and oxygen atoms in total. The minimum Gasteiger partial charge on any atom is -0.502 e. The molecule has 1 atom stereocenters. The van der Waals surface area contributed by atoms with Crippen LogP contribution < -0.4 is 15.8 Å². The fourth-order valence-electron chi connectivity index (χ4n) is 4.86. The molecule has 1 spiro atoms. The zero-order valence-electron chi connectivity index (χ0n) is 18.8. The van der Waals surface area contributed by atoms with Crippen molar-refractivity contribution in [1.82, 2.24) is 14.9 Å². The van der Waals surface area contributed by atoms with Gasteiger partial charge in [0, 0.05) is 24.3 Å². The molecule has 2 aromatic rings. The van der Waals surface area contributed by atoms with Gasteiger partial charge in [-0.2, -0.15) is 0 Å². The summed E-state index contributed by atoms with van der Waals surface area (Å²) in [4.78, 5) is 40.4. The van der Waals surface area contributed by atoms with E-state index in [1.54, 1.807) is 11.8 Å². The van der Waals surface area contributed by atoms with Crippen LogP contribution in [0, 0.1) is 18.6 Å². The average Bonchev–Trinajstić information content (AvgIpc) is 2.88. The normalized spacial score (nSPS) is 20.1. The molecule has 0 saturated heterocycles. The molecule has 1 aliphatic carbocycles. The van der Waals surface area contributed by atoms with Crippen LogP contribution in [0.4, 0.5) is 8.78 Å². The smallest absolute Gasteiger partial charge is 0.278 e. The van der Waals surface area contributed by atoms with E-state index in [0.717, 1.165) is 31.4 Å². The van der Waals surface area contributed by atoms with Crippen LogP contribution in [0.2, 0.25) is 0 Å². The minimum absolute atomic E-state index is 0.203. The van der Waals surface area contributed by atoms with E-state index in [9.17, 15) is 28.3 Å². The molecule has 1 aromatic carbocycles. The van der Waals surface area contributed by atoms with Gasteiger partial charge in [-0.1, -0.05) is 12.2 Å². The molecule has 10 heteroatoms. The number of aryl methyl sites for hydroxylation is 1. The Labute approximate surface area is 194 Å². The van der Waals surface area contributed by atoms with E-state index in [4.69, 9.17) is 0 Å². The lowest BCUT2D eigenvalue weighted by molar-refractivity contribution is 0.0611. The van der Waals surface area contributed by atoms with Crippen LogP contribution in [0.25, 0.3) is 0 Å². The highest BCUT2D eigenvalue weighted by molar-refractivity contribution is 5.99. The second-order valence-corrected chi connectivity index (χ2v) is 9.18. The molecule has 178 valence electrons. The Bertz CT molecular complexity index is 1290. The van der Waals surface area contributed by atoms with Gasteiger partial charge in [0.1, 0.15) is 23.9 Å². The molecule has 2 N–H and O–H groups in total. The lowest BCUT2D eigenvalue weighted by Crippen LogP contribution is -2.65. The van der Waals surface area contributed by atoms with Crippen LogP contribution in [-0.4, -0.2) is 44.7 Å². The van der Waals surface area contributed by atoms with Crippen molar-refractivity contribution in [3.63, 3.8) is 0 Å². The number of pyridine rings is 1. The zero-order valence-corrected chi connectivity index (χ0v) is 18.8. The Balaban J connectivity index is 1.54. The fourth-order valence-corrected chi connectivity index (χ4v) is 4.86. The molecule has 1 fully saturated rings. The van der Waals surface area contributed by atoms with E-state index in [-0.39, 0.29) is 24.0 Å². The Kier molecular flexibility index (Phi) is 5.00. The van der Waals surface area contributed by atoms with E-state index >= 15 is 0 Å². The molecule has 5 rings (SSSR count). The molecule has 0 radical (unpaired) electrons. The van der Waals surface area contributed by atoms with Crippen molar-refractivity contribution in [1.29, 1.82) is 0 Å². The quantitative estimate of drug-likeness (QED) is 0.672. The number of nitrogens with one attached hydrogen (secondary N) is 1. The molecule has 1 aromatic heterocycles. The summed E-state index contributed by atoms with van der Waals surface area (Å²) < 4.78 is 29.7. The number of amides is 2. The molecule has 34 heavy (non-hydrogen) atoms. The summed E-state index contributed by atoms with van der Waals surface area (Å²) in [5.74, 6) is -3.89. The van der Waals surface area contributed by atoms with Gasteiger partial charge >= 0.3 is 0 Å². The summed E-state index contributed by atoms with van der Waals surface area (Å²) in [5, 5.41) is 14.9. The van der Waals surface area contributed by atoms with Gasteiger partial charge in [-0.15, -0.1) is 0 Å². The number of fused-ring (bicyclic) bond motifs is 5. The standard InChI is InChI=1S/C24H24F2N4O4/c1-13-8-17(25)15(18(26)9-13)10-27-22(33)16-11-29-19(21(32)20(16)31)23(34)28-12-30(29)24(5-3-6-24)7-4-14(28)2/h4,7-9,11,14,32H,3,5-6,10,12H2,1-2H3,(H,27,33)/t14-/m0/s1. The predicted octanol–water partition coefficient (Wildman–Crippen LogP) is 2.30. The van der Waals surface area contributed by atoms with Gasteiger partial charge in [0.15, 0.2) is 11.4 Å². The SMILES string of the molecule is Cc1cc(F)c(CNC(=O)c2cn3c(c(O)c2=O)C(=O)N2CN3C3(C=C[C@@H]2C)CCC3)c(F)c1. The van der Waals surface area contributed by atoms with Crippen LogP contribution in [0.5, 0.6) is 5.75 Å². The summed E-state index contributed by atoms with van der Waals surface area (Å²) in [7, 11) is 0. The maximum Gasteiger partial charge on any atom is 0.278 e. The van der Waals surface area contributed by atoms with Crippen molar-refractivity contribution in [2.24, 2.45) is 0 Å². The molecule has 1 saturated carbocycles. The minimum atomic E-state index is -1.02. The van der Waals surface area contributed by atoms with E-state index < -0.39 is 52.3 Å². The van der Waals surface area contributed by atoms with Crippen LogP contribution in [0.15, 0.2) is 35.3 Å². The number of carbonyl (C=O) groups excluding carboxylic acids is 2. The first-order valence-electron chi connectivity index (χ1n) is 11.1. The van der Waals surface area contributed by atoms with Crippen LogP contribution in [-0.2, 0) is 6.54 Å². The molecule has 3 heterocycles. The van der Waals surface area contributed by atoms with Crippen LogP contribution in [0.3, 0.4) is 0 Å². The number of halogens is 2. The lowest BCUT2D eigenvalue weighted by atomic mass is 9.76. The molecule has 2 bridgehead atoms.